The Labute approximate surface area is 119 Å². The minimum Gasteiger partial charge on any atom is -0.395 e. The molecule has 4 heteroatoms. The summed E-state index contributed by atoms with van der Waals surface area (Å²) in [6.07, 6.45) is 1.96. The molecule has 0 bridgehead atoms. The largest absolute Gasteiger partial charge is 0.395 e. The highest BCUT2D eigenvalue weighted by Gasteiger charge is 2.16. The fraction of sp³-hybridized carbons (Fsp3) is 0.438. The van der Waals surface area contributed by atoms with Crippen LogP contribution in [0.4, 0.5) is 5.82 Å². The highest BCUT2D eigenvalue weighted by molar-refractivity contribution is 5.83. The molecule has 0 radical (unpaired) electrons. The van der Waals surface area contributed by atoms with Crippen LogP contribution in [0.3, 0.4) is 0 Å². The third-order valence-corrected chi connectivity index (χ3v) is 3.77. The Hall–Kier alpha value is -1.81. The molecule has 0 saturated carbocycles. The smallest absolute Gasteiger partial charge is 0.257 e. The zero-order valence-electron chi connectivity index (χ0n) is 12.1. The maximum atomic E-state index is 12.2. The highest BCUT2D eigenvalue weighted by atomic mass is 16.3. The van der Waals surface area contributed by atoms with E-state index in [1.807, 2.05) is 30.3 Å². The molecule has 0 amide bonds. The fourth-order valence-corrected chi connectivity index (χ4v) is 2.69. The van der Waals surface area contributed by atoms with Gasteiger partial charge in [-0.1, -0.05) is 32.0 Å². The molecular formula is C16H22N2O2. The summed E-state index contributed by atoms with van der Waals surface area (Å²) in [7, 11) is 0. The predicted molar refractivity (Wildman–Crippen MR) is 83.4 cm³/mol. The maximum Gasteiger partial charge on any atom is 0.257 e. The van der Waals surface area contributed by atoms with Crippen molar-refractivity contribution >= 4 is 16.6 Å². The van der Waals surface area contributed by atoms with Crippen LogP contribution >= 0.6 is 0 Å². The molecule has 1 aromatic carbocycles. The number of rotatable bonds is 6. The van der Waals surface area contributed by atoms with Gasteiger partial charge in [0, 0.05) is 18.0 Å². The van der Waals surface area contributed by atoms with Gasteiger partial charge in [0.05, 0.1) is 6.61 Å². The molecule has 0 saturated heterocycles. The number of aliphatic hydroxyl groups is 1. The number of hydrogen-bond acceptors (Lipinski definition) is 3. The molecular weight excluding hydrogens is 252 g/mol. The molecule has 4 nitrogen and oxygen atoms in total. The summed E-state index contributed by atoms with van der Waals surface area (Å²) in [6, 6.07) is 9.87. The summed E-state index contributed by atoms with van der Waals surface area (Å²) in [4.78, 5) is 17.2. The van der Waals surface area contributed by atoms with E-state index < -0.39 is 0 Å². The lowest BCUT2D eigenvalue weighted by Gasteiger charge is -2.31. The molecule has 0 spiro atoms. The first-order chi connectivity index (χ1) is 9.71. The summed E-state index contributed by atoms with van der Waals surface area (Å²) in [5, 5.41) is 10.9. The molecule has 0 aliphatic rings. The zero-order valence-corrected chi connectivity index (χ0v) is 12.1. The predicted octanol–water partition coefficient (Wildman–Crippen LogP) is 2.52. The lowest BCUT2D eigenvalue weighted by molar-refractivity contribution is 0.295. The number of H-pyrrole nitrogens is 1. The second kappa shape index (κ2) is 6.57. The Kier molecular flexibility index (Phi) is 4.79. The molecule has 0 fully saturated rings. The molecule has 0 aliphatic carbocycles. The van der Waals surface area contributed by atoms with Crippen LogP contribution < -0.4 is 10.5 Å². The number of aromatic nitrogens is 1. The van der Waals surface area contributed by atoms with E-state index in [1.165, 1.54) is 0 Å². The number of hydrogen-bond donors (Lipinski definition) is 2. The first-order valence-corrected chi connectivity index (χ1v) is 7.20. The lowest BCUT2D eigenvalue weighted by atomic mass is 10.1. The average molecular weight is 274 g/mol. The molecule has 1 aromatic heterocycles. The third-order valence-electron chi connectivity index (χ3n) is 3.77. The summed E-state index contributed by atoms with van der Waals surface area (Å²) >= 11 is 0. The van der Waals surface area contributed by atoms with Gasteiger partial charge in [0.25, 0.3) is 5.56 Å². The van der Waals surface area contributed by atoms with E-state index >= 15 is 0 Å². The quantitative estimate of drug-likeness (QED) is 0.851. The van der Waals surface area contributed by atoms with Gasteiger partial charge in [-0.2, -0.15) is 0 Å². The van der Waals surface area contributed by atoms with Crippen LogP contribution in [0.2, 0.25) is 0 Å². The van der Waals surface area contributed by atoms with Gasteiger partial charge in [-0.05, 0) is 30.4 Å². The zero-order chi connectivity index (χ0) is 14.5. The standard InChI is InChI=1S/C16H22N2O2/c1-3-13(4-2)18(9-10-19)15-11-12-7-5-6-8-14(12)16(20)17-15/h5-8,11,13,19H,3-4,9-10H2,1-2H3,(H,17,20). The Bertz CT molecular complexity index is 617. The van der Waals surface area contributed by atoms with E-state index in [0.29, 0.717) is 18.0 Å². The van der Waals surface area contributed by atoms with Crippen molar-refractivity contribution in [2.45, 2.75) is 32.7 Å². The van der Waals surface area contributed by atoms with Crippen molar-refractivity contribution in [1.82, 2.24) is 4.98 Å². The SMILES string of the molecule is CCC(CC)N(CCO)c1cc2ccccc2c(=O)[nH]1. The highest BCUT2D eigenvalue weighted by Crippen LogP contribution is 2.20. The van der Waals surface area contributed by atoms with Gasteiger partial charge >= 0.3 is 0 Å². The topological polar surface area (TPSA) is 56.3 Å². The number of aromatic amines is 1. The van der Waals surface area contributed by atoms with E-state index in [-0.39, 0.29) is 12.2 Å². The molecule has 20 heavy (non-hydrogen) atoms. The first-order valence-electron chi connectivity index (χ1n) is 7.20. The van der Waals surface area contributed by atoms with Crippen LogP contribution in [0.5, 0.6) is 0 Å². The molecule has 0 unspecified atom stereocenters. The molecule has 2 N–H and O–H groups in total. The molecule has 2 aromatic rings. The number of anilines is 1. The van der Waals surface area contributed by atoms with Crippen molar-refractivity contribution in [3.05, 3.63) is 40.7 Å². The van der Waals surface area contributed by atoms with Gasteiger partial charge in [-0.25, -0.2) is 0 Å². The van der Waals surface area contributed by atoms with Crippen LogP contribution in [0.1, 0.15) is 26.7 Å². The second-order valence-corrected chi connectivity index (χ2v) is 4.96. The summed E-state index contributed by atoms with van der Waals surface area (Å²) in [6.45, 7) is 4.85. The average Bonchev–Trinajstić information content (AvgIpc) is 2.47. The third kappa shape index (κ3) is 2.85. The van der Waals surface area contributed by atoms with Crippen LogP contribution in [-0.4, -0.2) is 29.3 Å². The van der Waals surface area contributed by atoms with Crippen molar-refractivity contribution in [1.29, 1.82) is 0 Å². The molecule has 1 heterocycles. The van der Waals surface area contributed by atoms with E-state index in [0.717, 1.165) is 24.0 Å². The number of nitrogens with zero attached hydrogens (tertiary/aromatic N) is 1. The summed E-state index contributed by atoms with van der Waals surface area (Å²) in [5.41, 5.74) is -0.0769. The van der Waals surface area contributed by atoms with Gasteiger partial charge in [-0.3, -0.25) is 4.79 Å². The Morgan fingerprint density at radius 2 is 1.95 bits per heavy atom. The minimum absolute atomic E-state index is 0.0748. The molecule has 108 valence electrons. The lowest BCUT2D eigenvalue weighted by Crippen LogP contribution is -2.38. The number of pyridine rings is 1. The van der Waals surface area contributed by atoms with Crippen molar-refractivity contribution < 1.29 is 5.11 Å². The second-order valence-electron chi connectivity index (χ2n) is 4.96. The van der Waals surface area contributed by atoms with Crippen molar-refractivity contribution in [2.24, 2.45) is 0 Å². The van der Waals surface area contributed by atoms with Crippen LogP contribution in [0.25, 0.3) is 10.8 Å². The van der Waals surface area contributed by atoms with Crippen molar-refractivity contribution in [3.63, 3.8) is 0 Å². The number of aliphatic hydroxyl groups excluding tert-OH is 1. The van der Waals surface area contributed by atoms with Gasteiger partial charge in [0.1, 0.15) is 5.82 Å². The van der Waals surface area contributed by atoms with E-state index in [2.05, 4.69) is 23.7 Å². The van der Waals surface area contributed by atoms with Gasteiger partial charge in [0.15, 0.2) is 0 Å². The van der Waals surface area contributed by atoms with E-state index in [1.54, 1.807) is 0 Å². The first kappa shape index (κ1) is 14.6. The Balaban J connectivity index is 2.50. The monoisotopic (exact) mass is 274 g/mol. The maximum absolute atomic E-state index is 12.2. The summed E-state index contributed by atoms with van der Waals surface area (Å²) in [5.74, 6) is 0.788. The van der Waals surface area contributed by atoms with Gasteiger partial charge in [-0.15, -0.1) is 0 Å². The van der Waals surface area contributed by atoms with Crippen LogP contribution in [0, 0.1) is 0 Å². The van der Waals surface area contributed by atoms with Gasteiger partial charge < -0.3 is 15.0 Å². The van der Waals surface area contributed by atoms with E-state index in [9.17, 15) is 9.90 Å². The number of fused-ring (bicyclic) bond motifs is 1. The normalized spacial score (nSPS) is 11.2. The number of benzene rings is 1. The Morgan fingerprint density at radius 3 is 2.60 bits per heavy atom. The fourth-order valence-electron chi connectivity index (χ4n) is 2.69. The number of nitrogens with one attached hydrogen (secondary N) is 1. The van der Waals surface area contributed by atoms with Crippen molar-refractivity contribution in [2.75, 3.05) is 18.1 Å². The van der Waals surface area contributed by atoms with Crippen LogP contribution in [-0.2, 0) is 0 Å². The summed E-state index contributed by atoms with van der Waals surface area (Å²) < 4.78 is 0. The van der Waals surface area contributed by atoms with E-state index in [4.69, 9.17) is 0 Å². The molecule has 0 atom stereocenters. The van der Waals surface area contributed by atoms with Crippen LogP contribution in [0.15, 0.2) is 35.1 Å². The van der Waals surface area contributed by atoms with Crippen molar-refractivity contribution in [3.8, 4) is 0 Å². The van der Waals surface area contributed by atoms with Gasteiger partial charge in [0.2, 0.25) is 0 Å². The molecule has 2 rings (SSSR count). The molecule has 0 aliphatic heterocycles. The Morgan fingerprint density at radius 1 is 1.25 bits per heavy atom. The minimum atomic E-state index is -0.0769.